The largest absolute Gasteiger partial charge is 0.391 e. The zero-order chi connectivity index (χ0) is 15.6. The molecule has 0 aliphatic carbocycles. The van der Waals surface area contributed by atoms with Gasteiger partial charge >= 0.3 is 0 Å². The van der Waals surface area contributed by atoms with E-state index in [4.69, 9.17) is 11.5 Å². The average Bonchev–Trinajstić information content (AvgIpc) is 2.40. The molecule has 1 amide bonds. The van der Waals surface area contributed by atoms with Crippen molar-refractivity contribution in [3.8, 4) is 0 Å². The van der Waals surface area contributed by atoms with Crippen molar-refractivity contribution in [2.45, 2.75) is 25.4 Å². The summed E-state index contributed by atoms with van der Waals surface area (Å²) in [7, 11) is 0. The molecule has 2 rings (SSSR count). The molecule has 1 aromatic rings. The Hall–Kier alpha value is -1.70. The topological polar surface area (TPSA) is 118 Å². The second kappa shape index (κ2) is 6.38. The molecule has 1 fully saturated rings. The van der Waals surface area contributed by atoms with Gasteiger partial charge in [0.15, 0.2) is 11.0 Å². The van der Waals surface area contributed by atoms with Crippen LogP contribution in [0.4, 0.5) is 11.5 Å². The van der Waals surface area contributed by atoms with Crippen LogP contribution in [-0.4, -0.2) is 39.6 Å². The van der Waals surface area contributed by atoms with Crippen LogP contribution in [0, 0.1) is 11.8 Å². The number of hydrogen-bond donors (Lipinski definition) is 3. The van der Waals surface area contributed by atoms with Crippen LogP contribution in [0.15, 0.2) is 9.95 Å². The third kappa shape index (κ3) is 3.90. The van der Waals surface area contributed by atoms with Crippen molar-refractivity contribution in [2.24, 2.45) is 11.8 Å². The van der Waals surface area contributed by atoms with Gasteiger partial charge in [-0.1, -0.05) is 25.6 Å². The smallest absolute Gasteiger partial charge is 0.276 e. The number of hydrogen-bond acceptors (Lipinski definition) is 6. The van der Waals surface area contributed by atoms with E-state index in [2.05, 4.69) is 23.8 Å². The predicted octanol–water partition coefficient (Wildman–Crippen LogP) is 0.531. The molecule has 2 atom stereocenters. The highest BCUT2D eigenvalue weighted by atomic mass is 32.2. The molecule has 0 aromatic carbocycles. The summed E-state index contributed by atoms with van der Waals surface area (Å²) in [6.45, 7) is 5.89. The SMILES string of the molecule is CC1CC(C)CN(C(=O)CSc2nc(N)c(N)c(=O)[nH]2)C1. The Morgan fingerprint density at radius 1 is 1.38 bits per heavy atom. The summed E-state index contributed by atoms with van der Waals surface area (Å²) in [6, 6.07) is 0. The maximum absolute atomic E-state index is 12.2. The molecule has 0 bridgehead atoms. The van der Waals surface area contributed by atoms with E-state index in [1.807, 2.05) is 4.90 Å². The summed E-state index contributed by atoms with van der Waals surface area (Å²) in [4.78, 5) is 32.1. The maximum Gasteiger partial charge on any atom is 0.276 e. The van der Waals surface area contributed by atoms with Crippen LogP contribution in [0.1, 0.15) is 20.3 Å². The van der Waals surface area contributed by atoms with Crippen LogP contribution in [-0.2, 0) is 4.79 Å². The molecule has 21 heavy (non-hydrogen) atoms. The molecule has 2 heterocycles. The van der Waals surface area contributed by atoms with Gasteiger partial charge in [-0.25, -0.2) is 4.98 Å². The summed E-state index contributed by atoms with van der Waals surface area (Å²) in [5, 5.41) is 0.318. The number of nitrogens with two attached hydrogens (primary N) is 2. The highest BCUT2D eigenvalue weighted by molar-refractivity contribution is 7.99. The molecule has 2 unspecified atom stereocenters. The van der Waals surface area contributed by atoms with Crippen LogP contribution >= 0.6 is 11.8 Å². The lowest BCUT2D eigenvalue weighted by molar-refractivity contribution is -0.130. The van der Waals surface area contributed by atoms with Gasteiger partial charge in [-0.3, -0.25) is 14.6 Å². The molecule has 5 N–H and O–H groups in total. The fourth-order valence-corrected chi connectivity index (χ4v) is 3.41. The zero-order valence-corrected chi connectivity index (χ0v) is 13.1. The van der Waals surface area contributed by atoms with Gasteiger partial charge in [-0.2, -0.15) is 0 Å². The summed E-state index contributed by atoms with van der Waals surface area (Å²) in [6.07, 6.45) is 1.15. The minimum absolute atomic E-state index is 0.00563. The Kier molecular flexibility index (Phi) is 4.76. The number of H-pyrrole nitrogens is 1. The van der Waals surface area contributed by atoms with Crippen molar-refractivity contribution in [1.29, 1.82) is 0 Å². The Balaban J connectivity index is 1.96. The number of nitrogens with zero attached hydrogens (tertiary/aromatic N) is 2. The first-order valence-electron chi connectivity index (χ1n) is 6.92. The van der Waals surface area contributed by atoms with Crippen molar-refractivity contribution in [3.05, 3.63) is 10.4 Å². The number of carbonyl (C=O) groups is 1. The lowest BCUT2D eigenvalue weighted by Gasteiger charge is -2.34. The normalized spacial score (nSPS) is 22.3. The van der Waals surface area contributed by atoms with Crippen LogP contribution in [0.3, 0.4) is 0 Å². The average molecular weight is 311 g/mol. The van der Waals surface area contributed by atoms with Gasteiger partial charge in [0.2, 0.25) is 5.91 Å². The molecule has 1 saturated heterocycles. The van der Waals surface area contributed by atoms with Gasteiger partial charge in [0.1, 0.15) is 5.69 Å². The summed E-state index contributed by atoms with van der Waals surface area (Å²) >= 11 is 1.17. The van der Waals surface area contributed by atoms with E-state index in [0.29, 0.717) is 17.0 Å². The molecule has 8 heteroatoms. The quantitative estimate of drug-likeness (QED) is 0.553. The van der Waals surface area contributed by atoms with Crippen molar-refractivity contribution in [2.75, 3.05) is 30.3 Å². The standard InChI is InChI=1S/C13H21N5O2S/c1-7-3-8(2)5-18(4-7)9(19)6-21-13-16-11(15)10(14)12(20)17-13/h7-8H,3-6,14H2,1-2H3,(H3,15,16,17,20). The minimum atomic E-state index is -0.474. The monoisotopic (exact) mass is 311 g/mol. The van der Waals surface area contributed by atoms with E-state index in [0.717, 1.165) is 19.5 Å². The highest BCUT2D eigenvalue weighted by Crippen LogP contribution is 2.22. The van der Waals surface area contributed by atoms with Gasteiger partial charge in [-0.05, 0) is 18.3 Å². The summed E-state index contributed by atoms with van der Waals surface area (Å²) < 4.78 is 0. The molecule has 0 spiro atoms. The lowest BCUT2D eigenvalue weighted by atomic mass is 9.92. The third-order valence-corrected chi connectivity index (χ3v) is 4.38. The molecule has 0 radical (unpaired) electrons. The number of aromatic amines is 1. The Morgan fingerprint density at radius 3 is 2.57 bits per heavy atom. The molecule has 116 valence electrons. The Morgan fingerprint density at radius 2 is 2.00 bits per heavy atom. The van der Waals surface area contributed by atoms with Crippen LogP contribution in [0.5, 0.6) is 0 Å². The third-order valence-electron chi connectivity index (χ3n) is 3.52. The van der Waals surface area contributed by atoms with Crippen LogP contribution < -0.4 is 17.0 Å². The number of thioether (sulfide) groups is 1. The van der Waals surface area contributed by atoms with Crippen molar-refractivity contribution in [1.82, 2.24) is 14.9 Å². The molecule has 0 saturated carbocycles. The number of piperidine rings is 1. The number of nitrogens with one attached hydrogen (secondary N) is 1. The molecule has 1 aromatic heterocycles. The number of likely N-dealkylation sites (tertiary alicyclic amines) is 1. The maximum atomic E-state index is 12.2. The second-order valence-electron chi connectivity index (χ2n) is 5.70. The van der Waals surface area contributed by atoms with Gasteiger partial charge < -0.3 is 16.4 Å². The second-order valence-corrected chi connectivity index (χ2v) is 6.67. The van der Waals surface area contributed by atoms with Crippen LogP contribution in [0.25, 0.3) is 0 Å². The lowest BCUT2D eigenvalue weighted by Crippen LogP contribution is -2.43. The molecule has 1 aliphatic heterocycles. The number of anilines is 2. The van der Waals surface area contributed by atoms with E-state index in [1.165, 1.54) is 11.8 Å². The van der Waals surface area contributed by atoms with E-state index >= 15 is 0 Å². The first kappa shape index (κ1) is 15.7. The van der Waals surface area contributed by atoms with E-state index in [-0.39, 0.29) is 23.2 Å². The number of nitrogen functional groups attached to an aromatic ring is 2. The number of rotatable bonds is 3. The number of carbonyl (C=O) groups excluding carboxylic acids is 1. The van der Waals surface area contributed by atoms with E-state index in [1.54, 1.807) is 0 Å². The molecule has 7 nitrogen and oxygen atoms in total. The first-order valence-corrected chi connectivity index (χ1v) is 7.91. The minimum Gasteiger partial charge on any atom is -0.391 e. The Bertz CT molecular complexity index is 578. The molecular formula is C13H21N5O2S. The summed E-state index contributed by atoms with van der Waals surface area (Å²) in [5.74, 6) is 1.32. The van der Waals surface area contributed by atoms with E-state index in [9.17, 15) is 9.59 Å². The fraction of sp³-hybridized carbons (Fsp3) is 0.615. The van der Waals surface area contributed by atoms with Crippen molar-refractivity contribution >= 4 is 29.2 Å². The van der Waals surface area contributed by atoms with Gasteiger partial charge in [-0.15, -0.1) is 0 Å². The number of amides is 1. The Labute approximate surface area is 127 Å². The number of aromatic nitrogens is 2. The van der Waals surface area contributed by atoms with Gasteiger partial charge in [0.25, 0.3) is 5.56 Å². The first-order chi connectivity index (χ1) is 9.86. The van der Waals surface area contributed by atoms with Crippen molar-refractivity contribution < 1.29 is 4.79 Å². The molecule has 1 aliphatic rings. The predicted molar refractivity (Wildman–Crippen MR) is 83.9 cm³/mol. The van der Waals surface area contributed by atoms with E-state index < -0.39 is 5.56 Å². The van der Waals surface area contributed by atoms with Gasteiger partial charge in [0.05, 0.1) is 5.75 Å². The fourth-order valence-electron chi connectivity index (χ4n) is 2.63. The zero-order valence-electron chi connectivity index (χ0n) is 12.3. The van der Waals surface area contributed by atoms with Crippen molar-refractivity contribution in [3.63, 3.8) is 0 Å². The highest BCUT2D eigenvalue weighted by Gasteiger charge is 2.25. The van der Waals surface area contributed by atoms with Gasteiger partial charge in [0, 0.05) is 13.1 Å². The van der Waals surface area contributed by atoms with Crippen LogP contribution in [0.2, 0.25) is 0 Å². The summed E-state index contributed by atoms with van der Waals surface area (Å²) in [5.41, 5.74) is 10.4. The molecular weight excluding hydrogens is 290 g/mol.